The monoisotopic (exact) mass is 430 g/mol. The van der Waals surface area contributed by atoms with Crippen molar-refractivity contribution in [2.45, 2.75) is 19.4 Å². The highest BCUT2D eigenvalue weighted by Gasteiger charge is 2.18. The van der Waals surface area contributed by atoms with E-state index in [1.807, 2.05) is 18.2 Å². The zero-order valence-electron chi connectivity index (χ0n) is 17.5. The van der Waals surface area contributed by atoms with Gasteiger partial charge in [0, 0.05) is 37.8 Å². The van der Waals surface area contributed by atoms with Gasteiger partial charge in [0.2, 0.25) is 5.43 Å². The molecule has 2 heterocycles. The molecule has 1 aliphatic rings. The molecule has 0 spiro atoms. The molecule has 32 heavy (non-hydrogen) atoms. The third-order valence-electron chi connectivity index (χ3n) is 5.93. The first kappa shape index (κ1) is 20.2. The maximum Gasteiger partial charge on any atom is 0.269 e. The maximum atomic E-state index is 12.6. The lowest BCUT2D eigenvalue weighted by Gasteiger charge is -2.28. The molecule has 0 radical (unpaired) electrons. The third-order valence-corrected chi connectivity index (χ3v) is 5.93. The lowest BCUT2D eigenvalue weighted by atomic mass is 9.99. The molecular formula is C25H22N2O5. The van der Waals surface area contributed by atoms with Gasteiger partial charge in [-0.1, -0.05) is 18.2 Å². The van der Waals surface area contributed by atoms with Crippen LogP contribution in [-0.4, -0.2) is 29.5 Å². The normalized spacial score (nSPS) is 13.9. The summed E-state index contributed by atoms with van der Waals surface area (Å²) in [5.74, 6) is 0.663. The van der Waals surface area contributed by atoms with Crippen LogP contribution in [0.2, 0.25) is 0 Å². The summed E-state index contributed by atoms with van der Waals surface area (Å²) in [6.07, 6.45) is 1.72. The van der Waals surface area contributed by atoms with Crippen LogP contribution in [0.15, 0.2) is 69.9 Å². The molecule has 0 fully saturated rings. The van der Waals surface area contributed by atoms with Crippen LogP contribution < -0.4 is 10.2 Å². The molecule has 0 saturated carbocycles. The van der Waals surface area contributed by atoms with Gasteiger partial charge >= 0.3 is 0 Å². The van der Waals surface area contributed by atoms with Gasteiger partial charge in [-0.3, -0.25) is 19.8 Å². The molecule has 0 bridgehead atoms. The molecule has 0 amide bonds. The Kier molecular flexibility index (Phi) is 5.33. The van der Waals surface area contributed by atoms with Crippen molar-refractivity contribution in [2.24, 2.45) is 0 Å². The number of non-ortho nitro benzene ring substituents is 1. The molecule has 5 rings (SSSR count). The average molecular weight is 430 g/mol. The highest BCUT2D eigenvalue weighted by Crippen LogP contribution is 2.25. The Morgan fingerprint density at radius 1 is 1.00 bits per heavy atom. The van der Waals surface area contributed by atoms with Crippen molar-refractivity contribution in [2.75, 3.05) is 19.7 Å². The van der Waals surface area contributed by atoms with E-state index >= 15 is 0 Å². The molecule has 0 N–H and O–H groups in total. The Morgan fingerprint density at radius 3 is 2.72 bits per heavy atom. The van der Waals surface area contributed by atoms with Crippen LogP contribution in [0.4, 0.5) is 5.69 Å². The Hall–Kier alpha value is -3.71. The second kappa shape index (κ2) is 8.43. The van der Waals surface area contributed by atoms with Crippen LogP contribution in [-0.2, 0) is 13.0 Å². The number of nitrogens with zero attached hydrogens (tertiary/aromatic N) is 2. The standard InChI is InChI=1S/C25H22N2O5/c28-25-21-4-1-2-5-23(21)32-24-15-20(8-9-22(24)25)31-13-3-11-26-12-10-17-6-7-19(27(29)30)14-18(17)16-26/h1-2,4-9,14-15H,3,10-13,16H2. The van der Waals surface area contributed by atoms with Gasteiger partial charge in [-0.25, -0.2) is 0 Å². The molecule has 162 valence electrons. The number of hydrogen-bond donors (Lipinski definition) is 0. The van der Waals surface area contributed by atoms with Gasteiger partial charge in [0.15, 0.2) is 0 Å². The maximum absolute atomic E-state index is 12.6. The van der Waals surface area contributed by atoms with E-state index in [4.69, 9.17) is 9.15 Å². The molecular weight excluding hydrogens is 408 g/mol. The van der Waals surface area contributed by atoms with Crippen LogP contribution in [0.1, 0.15) is 17.5 Å². The number of fused-ring (bicyclic) bond motifs is 3. The van der Waals surface area contributed by atoms with E-state index in [9.17, 15) is 14.9 Å². The average Bonchev–Trinajstić information content (AvgIpc) is 2.81. The van der Waals surface area contributed by atoms with Gasteiger partial charge in [0.05, 0.1) is 22.3 Å². The predicted octanol–water partition coefficient (Wildman–Crippen LogP) is 4.68. The van der Waals surface area contributed by atoms with Gasteiger partial charge in [-0.15, -0.1) is 0 Å². The Labute approximate surface area is 184 Å². The van der Waals surface area contributed by atoms with Crippen molar-refractivity contribution in [3.05, 3.63) is 92.1 Å². The highest BCUT2D eigenvalue weighted by atomic mass is 16.6. The summed E-state index contributed by atoms with van der Waals surface area (Å²) < 4.78 is 11.8. The summed E-state index contributed by atoms with van der Waals surface area (Å²) in [6, 6.07) is 17.7. The molecule has 3 aromatic carbocycles. The summed E-state index contributed by atoms with van der Waals surface area (Å²) >= 11 is 0. The first-order chi connectivity index (χ1) is 15.6. The fraction of sp³-hybridized carbons (Fsp3) is 0.240. The van der Waals surface area contributed by atoms with Gasteiger partial charge < -0.3 is 9.15 Å². The van der Waals surface area contributed by atoms with Gasteiger partial charge in [0.1, 0.15) is 16.9 Å². The van der Waals surface area contributed by atoms with Crippen LogP contribution in [0.3, 0.4) is 0 Å². The smallest absolute Gasteiger partial charge is 0.269 e. The van der Waals surface area contributed by atoms with E-state index in [0.717, 1.165) is 31.5 Å². The van der Waals surface area contributed by atoms with Gasteiger partial charge in [0.25, 0.3) is 5.69 Å². The Bertz CT molecular complexity index is 1380. The lowest BCUT2D eigenvalue weighted by Crippen LogP contribution is -2.32. The molecule has 7 nitrogen and oxygen atoms in total. The Morgan fingerprint density at radius 2 is 1.84 bits per heavy atom. The summed E-state index contributed by atoms with van der Waals surface area (Å²) in [7, 11) is 0. The van der Waals surface area contributed by atoms with Crippen LogP contribution >= 0.6 is 0 Å². The first-order valence-corrected chi connectivity index (χ1v) is 10.7. The molecule has 4 aromatic rings. The van der Waals surface area contributed by atoms with Crippen molar-refractivity contribution < 1.29 is 14.1 Å². The van der Waals surface area contributed by atoms with Crippen LogP contribution in [0.5, 0.6) is 5.75 Å². The van der Waals surface area contributed by atoms with Crippen LogP contribution in [0.25, 0.3) is 21.9 Å². The first-order valence-electron chi connectivity index (χ1n) is 10.7. The quantitative estimate of drug-likeness (QED) is 0.191. The summed E-state index contributed by atoms with van der Waals surface area (Å²) in [6.45, 7) is 3.02. The lowest BCUT2D eigenvalue weighted by molar-refractivity contribution is -0.385. The van der Waals surface area contributed by atoms with Crippen molar-refractivity contribution in [3.63, 3.8) is 0 Å². The zero-order valence-corrected chi connectivity index (χ0v) is 17.5. The highest BCUT2D eigenvalue weighted by molar-refractivity contribution is 5.90. The van der Waals surface area contributed by atoms with E-state index < -0.39 is 0 Å². The number of hydrogen-bond acceptors (Lipinski definition) is 6. The van der Waals surface area contributed by atoms with Crippen molar-refractivity contribution in [1.82, 2.24) is 4.90 Å². The number of para-hydroxylation sites is 1. The minimum atomic E-state index is -0.346. The number of rotatable bonds is 6. The van der Waals surface area contributed by atoms with Gasteiger partial charge in [-0.05, 0) is 48.2 Å². The molecule has 0 aliphatic carbocycles. The van der Waals surface area contributed by atoms with E-state index in [1.165, 1.54) is 5.56 Å². The number of nitro groups is 1. The number of nitro benzene ring substituents is 1. The van der Waals surface area contributed by atoms with Crippen LogP contribution in [0, 0.1) is 10.1 Å². The molecule has 1 aliphatic heterocycles. The largest absolute Gasteiger partial charge is 0.493 e. The topological polar surface area (TPSA) is 85.8 Å². The Balaban J connectivity index is 1.20. The predicted molar refractivity (Wildman–Crippen MR) is 122 cm³/mol. The second-order valence-corrected chi connectivity index (χ2v) is 8.02. The van der Waals surface area contributed by atoms with Crippen molar-refractivity contribution in [1.29, 1.82) is 0 Å². The summed E-state index contributed by atoms with van der Waals surface area (Å²) in [5, 5.41) is 12.1. The zero-order chi connectivity index (χ0) is 22.1. The van der Waals surface area contributed by atoms with E-state index in [2.05, 4.69) is 4.90 Å². The SMILES string of the molecule is O=c1c2ccccc2oc2cc(OCCCN3CCc4ccc([N+](=O)[O-])cc4C3)ccc12. The van der Waals surface area contributed by atoms with Gasteiger partial charge in [-0.2, -0.15) is 0 Å². The molecule has 0 unspecified atom stereocenters. The minimum absolute atomic E-state index is 0.0426. The number of benzene rings is 3. The second-order valence-electron chi connectivity index (χ2n) is 8.02. The summed E-state index contributed by atoms with van der Waals surface area (Å²) in [5.41, 5.74) is 3.40. The molecule has 0 saturated heterocycles. The fourth-order valence-electron chi connectivity index (χ4n) is 4.26. The molecule has 1 aromatic heterocycles. The van der Waals surface area contributed by atoms with E-state index in [0.29, 0.717) is 40.8 Å². The third kappa shape index (κ3) is 3.94. The van der Waals surface area contributed by atoms with Crippen molar-refractivity contribution >= 4 is 27.6 Å². The van der Waals surface area contributed by atoms with E-state index in [-0.39, 0.29) is 16.0 Å². The van der Waals surface area contributed by atoms with Crippen molar-refractivity contribution in [3.8, 4) is 5.75 Å². The minimum Gasteiger partial charge on any atom is -0.493 e. The molecule has 7 heteroatoms. The fourth-order valence-corrected chi connectivity index (χ4v) is 4.26. The summed E-state index contributed by atoms with van der Waals surface area (Å²) in [4.78, 5) is 25.6. The van der Waals surface area contributed by atoms with E-state index in [1.54, 1.807) is 42.5 Å². The molecule has 0 atom stereocenters. The number of ether oxygens (including phenoxy) is 1.